The Morgan fingerprint density at radius 2 is 2.20 bits per heavy atom. The van der Waals surface area contributed by atoms with E-state index < -0.39 is 7.82 Å². The molecule has 0 amide bonds. The molecule has 1 aliphatic rings. The van der Waals surface area contributed by atoms with Crippen molar-refractivity contribution in [2.24, 2.45) is 0 Å². The van der Waals surface area contributed by atoms with E-state index >= 15 is 0 Å². The molecule has 0 bridgehead atoms. The van der Waals surface area contributed by atoms with Crippen LogP contribution in [-0.4, -0.2) is 43.3 Å². The van der Waals surface area contributed by atoms with E-state index in [1.54, 1.807) is 6.92 Å². The van der Waals surface area contributed by atoms with Crippen LogP contribution in [0.3, 0.4) is 0 Å². The molecule has 0 spiro atoms. The summed E-state index contributed by atoms with van der Waals surface area (Å²) in [5.74, 6) is -0.379. The second-order valence-electron chi connectivity index (χ2n) is 2.94. The van der Waals surface area contributed by atoms with E-state index in [1.807, 2.05) is 0 Å². The van der Waals surface area contributed by atoms with Gasteiger partial charge in [0.05, 0.1) is 32.4 Å². The average molecular weight is 239 g/mol. The lowest BCUT2D eigenvalue weighted by molar-refractivity contribution is -0.142. The Hall–Kier alpha value is -0.460. The summed E-state index contributed by atoms with van der Waals surface area (Å²) in [6.45, 7) is 2.14. The predicted molar refractivity (Wildman–Crippen MR) is 50.2 cm³/mol. The number of ether oxygens (including phenoxy) is 1. The van der Waals surface area contributed by atoms with Crippen molar-refractivity contribution in [1.82, 2.24) is 5.32 Å². The number of esters is 1. The third-order valence-corrected chi connectivity index (χ3v) is 2.67. The summed E-state index contributed by atoms with van der Waals surface area (Å²) in [5, 5.41) is 2.79. The maximum Gasteiger partial charge on any atom is 0.472 e. The molecule has 1 fully saturated rings. The molecule has 88 valence electrons. The van der Waals surface area contributed by atoms with E-state index in [-0.39, 0.29) is 31.8 Å². The lowest BCUT2D eigenvalue weighted by atomic mass is 10.3. The molecule has 2 N–H and O–H groups in total. The minimum Gasteiger partial charge on any atom is -0.465 e. The van der Waals surface area contributed by atoms with Gasteiger partial charge in [0.1, 0.15) is 0 Å². The van der Waals surface area contributed by atoms with Gasteiger partial charge in [-0.25, -0.2) is 4.57 Å². The Morgan fingerprint density at radius 1 is 1.60 bits per heavy atom. The van der Waals surface area contributed by atoms with Crippen molar-refractivity contribution in [2.45, 2.75) is 13.0 Å². The summed E-state index contributed by atoms with van der Waals surface area (Å²) in [6, 6.07) is -0.274. The van der Waals surface area contributed by atoms with Gasteiger partial charge in [-0.3, -0.25) is 19.2 Å². The van der Waals surface area contributed by atoms with Gasteiger partial charge in [0.15, 0.2) is 0 Å². The summed E-state index contributed by atoms with van der Waals surface area (Å²) >= 11 is 0. The highest BCUT2D eigenvalue weighted by Crippen LogP contribution is 2.45. The van der Waals surface area contributed by atoms with Gasteiger partial charge in [0, 0.05) is 0 Å². The SMILES string of the molecule is CCOC(=O)CNC1COP(=O)(O)OC1. The van der Waals surface area contributed by atoms with Crippen LogP contribution >= 0.6 is 7.82 Å². The highest BCUT2D eigenvalue weighted by molar-refractivity contribution is 7.47. The lowest BCUT2D eigenvalue weighted by Gasteiger charge is -2.25. The first-order chi connectivity index (χ1) is 7.03. The lowest BCUT2D eigenvalue weighted by Crippen LogP contribution is -2.42. The fraction of sp³-hybridized carbons (Fsp3) is 0.857. The van der Waals surface area contributed by atoms with Crippen LogP contribution < -0.4 is 5.32 Å². The van der Waals surface area contributed by atoms with Gasteiger partial charge >= 0.3 is 13.8 Å². The molecule has 1 saturated heterocycles. The molecule has 15 heavy (non-hydrogen) atoms. The van der Waals surface area contributed by atoms with Crippen molar-refractivity contribution in [1.29, 1.82) is 0 Å². The van der Waals surface area contributed by atoms with Gasteiger partial charge in [-0.15, -0.1) is 0 Å². The van der Waals surface area contributed by atoms with Crippen LogP contribution in [0.15, 0.2) is 0 Å². The van der Waals surface area contributed by atoms with Gasteiger partial charge in [-0.05, 0) is 6.92 Å². The van der Waals surface area contributed by atoms with Crippen molar-refractivity contribution in [3.05, 3.63) is 0 Å². The molecule has 1 heterocycles. The van der Waals surface area contributed by atoms with Gasteiger partial charge in [0.2, 0.25) is 0 Å². The summed E-state index contributed by atoms with van der Waals surface area (Å²) in [7, 11) is -3.84. The van der Waals surface area contributed by atoms with Crippen LogP contribution in [0.25, 0.3) is 0 Å². The second kappa shape index (κ2) is 5.58. The minimum absolute atomic E-state index is 0.0287. The number of carbonyl (C=O) groups is 1. The zero-order chi connectivity index (χ0) is 11.3. The first-order valence-corrected chi connectivity index (χ1v) is 6.04. The van der Waals surface area contributed by atoms with Gasteiger partial charge < -0.3 is 9.63 Å². The van der Waals surface area contributed by atoms with Crippen molar-refractivity contribution >= 4 is 13.8 Å². The number of phosphoric ester groups is 1. The molecule has 0 aromatic carbocycles. The van der Waals surface area contributed by atoms with Crippen molar-refractivity contribution in [3.63, 3.8) is 0 Å². The van der Waals surface area contributed by atoms with Crippen LogP contribution in [0.5, 0.6) is 0 Å². The van der Waals surface area contributed by atoms with Crippen LogP contribution in [0.4, 0.5) is 0 Å². The van der Waals surface area contributed by atoms with Gasteiger partial charge in [-0.1, -0.05) is 0 Å². The maximum absolute atomic E-state index is 10.9. The first kappa shape index (κ1) is 12.6. The Kier molecular flexibility index (Phi) is 4.69. The highest BCUT2D eigenvalue weighted by atomic mass is 31.2. The number of hydrogen-bond acceptors (Lipinski definition) is 6. The largest absolute Gasteiger partial charge is 0.472 e. The molecule has 0 aliphatic carbocycles. The molecule has 0 saturated carbocycles. The smallest absolute Gasteiger partial charge is 0.465 e. The average Bonchev–Trinajstić information content (AvgIpc) is 2.17. The molecule has 7 nitrogen and oxygen atoms in total. The Morgan fingerprint density at radius 3 is 2.73 bits per heavy atom. The van der Waals surface area contributed by atoms with Crippen molar-refractivity contribution in [3.8, 4) is 0 Å². The topological polar surface area (TPSA) is 94.1 Å². The quantitative estimate of drug-likeness (QED) is 0.511. The molecule has 1 aliphatic heterocycles. The molecular weight excluding hydrogens is 225 g/mol. The molecule has 8 heteroatoms. The Bertz CT molecular complexity index is 258. The normalized spacial score (nSPS) is 31.2. The molecule has 0 aromatic heterocycles. The predicted octanol–water partition coefficient (Wildman–Crippen LogP) is -0.345. The van der Waals surface area contributed by atoms with Gasteiger partial charge in [0.25, 0.3) is 0 Å². The zero-order valence-corrected chi connectivity index (χ0v) is 9.24. The van der Waals surface area contributed by atoms with E-state index in [4.69, 9.17) is 4.89 Å². The van der Waals surface area contributed by atoms with E-state index in [1.165, 1.54) is 0 Å². The van der Waals surface area contributed by atoms with E-state index in [0.717, 1.165) is 0 Å². The number of phosphoric acid groups is 1. The van der Waals surface area contributed by atoms with Crippen LogP contribution in [-0.2, 0) is 23.1 Å². The number of hydrogen-bond donors (Lipinski definition) is 2. The fourth-order valence-electron chi connectivity index (χ4n) is 1.01. The number of carbonyl (C=O) groups excluding carboxylic acids is 1. The van der Waals surface area contributed by atoms with Crippen LogP contribution in [0.1, 0.15) is 6.92 Å². The summed E-state index contributed by atoms with van der Waals surface area (Å²) in [5.41, 5.74) is 0. The summed E-state index contributed by atoms with van der Waals surface area (Å²) in [6.07, 6.45) is 0. The standard InChI is InChI=1S/C7H14NO6P/c1-2-12-7(9)3-8-6-4-13-15(10,11)14-5-6/h6,8H,2-5H2,1H3,(H,10,11). The van der Waals surface area contributed by atoms with E-state index in [9.17, 15) is 9.36 Å². The fourth-order valence-corrected chi connectivity index (χ4v) is 1.82. The van der Waals surface area contributed by atoms with Gasteiger partial charge in [-0.2, -0.15) is 0 Å². The monoisotopic (exact) mass is 239 g/mol. The van der Waals surface area contributed by atoms with E-state index in [2.05, 4.69) is 19.1 Å². The molecule has 0 atom stereocenters. The van der Waals surface area contributed by atoms with Crippen molar-refractivity contribution < 1.29 is 28.0 Å². The summed E-state index contributed by atoms with van der Waals surface area (Å²) < 4.78 is 24.6. The molecular formula is C7H14NO6P. The summed E-state index contributed by atoms with van der Waals surface area (Å²) in [4.78, 5) is 19.8. The molecule has 0 radical (unpaired) electrons. The Labute approximate surface area is 87.3 Å². The maximum atomic E-state index is 10.9. The zero-order valence-electron chi connectivity index (χ0n) is 8.34. The molecule has 0 unspecified atom stereocenters. The number of rotatable bonds is 4. The molecule has 1 rings (SSSR count). The Balaban J connectivity index is 2.19. The highest BCUT2D eigenvalue weighted by Gasteiger charge is 2.30. The van der Waals surface area contributed by atoms with Crippen LogP contribution in [0, 0.1) is 0 Å². The minimum atomic E-state index is -3.84. The second-order valence-corrected chi connectivity index (χ2v) is 4.40. The van der Waals surface area contributed by atoms with Crippen LogP contribution in [0.2, 0.25) is 0 Å². The third-order valence-electron chi connectivity index (χ3n) is 1.72. The van der Waals surface area contributed by atoms with E-state index in [0.29, 0.717) is 6.61 Å². The first-order valence-electron chi connectivity index (χ1n) is 4.54. The molecule has 0 aromatic rings. The third kappa shape index (κ3) is 4.72. The van der Waals surface area contributed by atoms with Crippen molar-refractivity contribution in [2.75, 3.05) is 26.4 Å². The number of nitrogens with one attached hydrogen (secondary N) is 1.